The summed E-state index contributed by atoms with van der Waals surface area (Å²) in [6.45, 7) is 3.59. The summed E-state index contributed by atoms with van der Waals surface area (Å²) in [5.74, 6) is -1.12. The molecule has 0 aliphatic heterocycles. The van der Waals surface area contributed by atoms with Crippen LogP contribution in [0.3, 0.4) is 0 Å². The molecule has 0 aliphatic carbocycles. The molecule has 1 rings (SSSR count). The Morgan fingerprint density at radius 3 is 2.43 bits per heavy atom. The fourth-order valence-electron chi connectivity index (χ4n) is 1.85. The zero-order valence-corrected chi connectivity index (χ0v) is 14.2. The first-order valence-corrected chi connectivity index (χ1v) is 8.60. The molecule has 0 bridgehead atoms. The SMILES string of the molecule is CC(C)N(CCCO)S(=O)(=O)c1ccc(C(=O)O)cc1Br. The molecule has 0 aromatic heterocycles. The molecule has 0 heterocycles. The number of aromatic carboxylic acids is 1. The van der Waals surface area contributed by atoms with E-state index in [-0.39, 0.29) is 34.1 Å². The summed E-state index contributed by atoms with van der Waals surface area (Å²) in [5.41, 5.74) is 0.00674. The fraction of sp³-hybridized carbons (Fsp3) is 0.462. The van der Waals surface area contributed by atoms with Crippen LogP contribution < -0.4 is 0 Å². The summed E-state index contributed by atoms with van der Waals surface area (Å²) >= 11 is 3.12. The maximum Gasteiger partial charge on any atom is 0.335 e. The molecule has 0 amide bonds. The first-order chi connectivity index (χ1) is 9.71. The highest BCUT2D eigenvalue weighted by atomic mass is 79.9. The number of sulfonamides is 1. The zero-order chi connectivity index (χ0) is 16.2. The van der Waals surface area contributed by atoms with Crippen molar-refractivity contribution in [1.82, 2.24) is 4.31 Å². The lowest BCUT2D eigenvalue weighted by Gasteiger charge is -2.26. The van der Waals surface area contributed by atoms with Gasteiger partial charge in [0.05, 0.1) is 10.5 Å². The van der Waals surface area contributed by atoms with E-state index in [1.165, 1.54) is 22.5 Å². The van der Waals surface area contributed by atoms with Crippen LogP contribution in [-0.2, 0) is 10.0 Å². The number of aliphatic hydroxyl groups is 1. The molecular weight excluding hydrogens is 362 g/mol. The summed E-state index contributed by atoms with van der Waals surface area (Å²) in [6.07, 6.45) is 0.336. The molecule has 0 saturated heterocycles. The van der Waals surface area contributed by atoms with Crippen molar-refractivity contribution in [3.8, 4) is 0 Å². The molecule has 0 atom stereocenters. The van der Waals surface area contributed by atoms with Crippen LogP contribution in [-0.4, -0.2) is 48.1 Å². The number of carboxylic acids is 1. The number of carbonyl (C=O) groups is 1. The Morgan fingerprint density at radius 1 is 1.38 bits per heavy atom. The largest absolute Gasteiger partial charge is 0.478 e. The number of hydrogen-bond acceptors (Lipinski definition) is 4. The van der Waals surface area contributed by atoms with Gasteiger partial charge in [-0.25, -0.2) is 13.2 Å². The lowest BCUT2D eigenvalue weighted by molar-refractivity contribution is 0.0696. The van der Waals surface area contributed by atoms with Gasteiger partial charge in [-0.3, -0.25) is 0 Å². The third kappa shape index (κ3) is 4.26. The maximum atomic E-state index is 12.6. The lowest BCUT2D eigenvalue weighted by atomic mass is 10.2. The van der Waals surface area contributed by atoms with Crippen molar-refractivity contribution in [3.05, 3.63) is 28.2 Å². The van der Waals surface area contributed by atoms with Gasteiger partial charge in [-0.1, -0.05) is 0 Å². The molecular formula is C13H18BrNO5S. The summed E-state index contributed by atoms with van der Waals surface area (Å²) in [4.78, 5) is 10.9. The van der Waals surface area contributed by atoms with Gasteiger partial charge in [0, 0.05) is 23.7 Å². The Morgan fingerprint density at radius 2 is 2.00 bits per heavy atom. The highest BCUT2D eigenvalue weighted by Crippen LogP contribution is 2.27. The topological polar surface area (TPSA) is 94.9 Å². The highest BCUT2D eigenvalue weighted by molar-refractivity contribution is 9.10. The Balaban J connectivity index is 3.25. The molecule has 8 heteroatoms. The summed E-state index contributed by atoms with van der Waals surface area (Å²) in [6, 6.07) is 3.52. The fourth-order valence-corrected chi connectivity index (χ4v) is 4.57. The van der Waals surface area contributed by atoms with Gasteiger partial charge in [0.25, 0.3) is 0 Å². The van der Waals surface area contributed by atoms with Crippen molar-refractivity contribution in [3.63, 3.8) is 0 Å². The number of nitrogens with zero attached hydrogens (tertiary/aromatic N) is 1. The second kappa shape index (κ2) is 7.35. The van der Waals surface area contributed by atoms with Crippen LogP contribution in [0.25, 0.3) is 0 Å². The number of aliphatic hydroxyl groups excluding tert-OH is 1. The van der Waals surface area contributed by atoms with Crippen LogP contribution in [0.1, 0.15) is 30.6 Å². The van der Waals surface area contributed by atoms with E-state index in [9.17, 15) is 13.2 Å². The van der Waals surface area contributed by atoms with Gasteiger partial charge < -0.3 is 10.2 Å². The molecule has 0 aliphatic rings. The standard InChI is InChI=1S/C13H18BrNO5S/c1-9(2)15(6-3-7-16)21(19,20)12-5-4-10(13(17)18)8-11(12)14/h4-5,8-9,16H,3,6-7H2,1-2H3,(H,17,18). The second-order valence-corrected chi connectivity index (χ2v) is 7.45. The maximum absolute atomic E-state index is 12.6. The zero-order valence-electron chi connectivity index (χ0n) is 11.8. The van der Waals surface area contributed by atoms with E-state index in [0.717, 1.165) is 0 Å². The second-order valence-electron chi connectivity index (χ2n) is 4.74. The van der Waals surface area contributed by atoms with E-state index in [1.807, 2.05) is 0 Å². The van der Waals surface area contributed by atoms with Gasteiger partial charge in [-0.15, -0.1) is 0 Å². The predicted molar refractivity (Wildman–Crippen MR) is 81.8 cm³/mol. The van der Waals surface area contributed by atoms with Crippen LogP contribution >= 0.6 is 15.9 Å². The van der Waals surface area contributed by atoms with Crippen LogP contribution in [0.4, 0.5) is 0 Å². The van der Waals surface area contributed by atoms with E-state index in [1.54, 1.807) is 13.8 Å². The molecule has 0 saturated carbocycles. The van der Waals surface area contributed by atoms with Gasteiger partial charge in [0.2, 0.25) is 10.0 Å². The Kier molecular flexibility index (Phi) is 6.33. The molecule has 0 fully saturated rings. The van der Waals surface area contributed by atoms with E-state index in [0.29, 0.717) is 6.42 Å². The first-order valence-electron chi connectivity index (χ1n) is 6.37. The van der Waals surface area contributed by atoms with E-state index in [2.05, 4.69) is 15.9 Å². The lowest BCUT2D eigenvalue weighted by Crippen LogP contribution is -2.38. The predicted octanol–water partition coefficient (Wildman–Crippen LogP) is 1.93. The van der Waals surface area contributed by atoms with Crippen molar-refractivity contribution in [2.45, 2.75) is 31.2 Å². The normalized spacial score (nSPS) is 12.1. The average Bonchev–Trinajstić information content (AvgIpc) is 2.37. The summed E-state index contributed by atoms with van der Waals surface area (Å²) in [7, 11) is -3.76. The molecule has 2 N–H and O–H groups in total. The van der Waals surface area contributed by atoms with Crippen molar-refractivity contribution < 1.29 is 23.4 Å². The molecule has 118 valence electrons. The van der Waals surface area contributed by atoms with Crippen LogP contribution in [0, 0.1) is 0 Å². The number of benzene rings is 1. The smallest absolute Gasteiger partial charge is 0.335 e. The van der Waals surface area contributed by atoms with Gasteiger partial charge in [0.15, 0.2) is 0 Å². The van der Waals surface area contributed by atoms with Crippen molar-refractivity contribution in [2.24, 2.45) is 0 Å². The molecule has 0 radical (unpaired) electrons. The Labute approximate surface area is 132 Å². The van der Waals surface area contributed by atoms with E-state index >= 15 is 0 Å². The van der Waals surface area contributed by atoms with E-state index in [4.69, 9.17) is 10.2 Å². The van der Waals surface area contributed by atoms with Crippen LogP contribution in [0.2, 0.25) is 0 Å². The Bertz CT molecular complexity index is 615. The molecule has 21 heavy (non-hydrogen) atoms. The van der Waals surface area contributed by atoms with Gasteiger partial charge in [-0.05, 0) is 54.4 Å². The van der Waals surface area contributed by atoms with Gasteiger partial charge in [0.1, 0.15) is 0 Å². The third-order valence-electron chi connectivity index (χ3n) is 2.88. The van der Waals surface area contributed by atoms with E-state index < -0.39 is 16.0 Å². The Hall–Kier alpha value is -0.960. The number of halogens is 1. The van der Waals surface area contributed by atoms with Gasteiger partial charge >= 0.3 is 5.97 Å². The number of hydrogen-bond donors (Lipinski definition) is 2. The number of carboxylic acid groups (broad SMARTS) is 1. The molecule has 0 spiro atoms. The van der Waals surface area contributed by atoms with Crippen molar-refractivity contribution in [2.75, 3.05) is 13.2 Å². The minimum atomic E-state index is -3.76. The van der Waals surface area contributed by atoms with Crippen molar-refractivity contribution >= 4 is 31.9 Å². The number of rotatable bonds is 7. The molecule has 1 aromatic rings. The summed E-state index contributed by atoms with van der Waals surface area (Å²) < 4.78 is 26.8. The summed E-state index contributed by atoms with van der Waals surface area (Å²) in [5, 5.41) is 17.8. The van der Waals surface area contributed by atoms with Crippen molar-refractivity contribution in [1.29, 1.82) is 0 Å². The molecule has 6 nitrogen and oxygen atoms in total. The van der Waals surface area contributed by atoms with Crippen LogP contribution in [0.15, 0.2) is 27.6 Å². The first kappa shape index (κ1) is 18.1. The highest BCUT2D eigenvalue weighted by Gasteiger charge is 2.28. The average molecular weight is 380 g/mol. The third-order valence-corrected chi connectivity index (χ3v) is 5.93. The molecule has 1 aromatic carbocycles. The monoisotopic (exact) mass is 379 g/mol. The van der Waals surface area contributed by atoms with Gasteiger partial charge in [-0.2, -0.15) is 4.31 Å². The minimum Gasteiger partial charge on any atom is -0.478 e. The van der Waals surface area contributed by atoms with Crippen LogP contribution in [0.5, 0.6) is 0 Å². The quantitative estimate of drug-likeness (QED) is 0.754. The minimum absolute atomic E-state index is 0.00674. The molecule has 0 unspecified atom stereocenters.